The maximum atomic E-state index is 13.2. The number of hydrogen-bond acceptors (Lipinski definition) is 9. The number of carbonyl (C=O) groups is 4. The number of unbranched alkanes of at least 4 members (excludes halogenated alkanes) is 18. The fraction of sp³-hybridized carbons (Fsp3) is 0.414. The normalized spacial score (nSPS) is 10.9. The largest absolute Gasteiger partial charge is 0.494 e. The Balaban J connectivity index is 0.986. The summed E-state index contributed by atoms with van der Waals surface area (Å²) in [6, 6.07) is 30.7. The molecule has 0 saturated heterocycles. The van der Waals surface area contributed by atoms with Gasteiger partial charge in [-0.3, -0.25) is 4.79 Å². The molecule has 368 valence electrons. The number of ether oxygens (including phenoxy) is 5. The van der Waals surface area contributed by atoms with Crippen molar-refractivity contribution in [3.63, 3.8) is 0 Å². The molecule has 5 rings (SSSR count). The Morgan fingerprint density at radius 3 is 1.33 bits per heavy atom. The van der Waals surface area contributed by atoms with Crippen molar-refractivity contribution in [1.29, 1.82) is 0 Å². The van der Waals surface area contributed by atoms with Crippen LogP contribution >= 0.6 is 15.9 Å². The molecule has 0 atom stereocenters. The topological polar surface area (TPSA) is 126 Å². The third-order valence-corrected chi connectivity index (χ3v) is 12.3. The van der Waals surface area contributed by atoms with Crippen LogP contribution in [-0.2, 0) is 0 Å². The van der Waals surface area contributed by atoms with Crippen LogP contribution in [0.1, 0.15) is 184 Å². The van der Waals surface area contributed by atoms with Crippen LogP contribution in [0.25, 0.3) is 0 Å². The molecule has 0 unspecified atom stereocenters. The number of hydrogen-bond donors (Lipinski definition) is 1. The molecule has 0 spiro atoms. The first-order valence-corrected chi connectivity index (χ1v) is 25.9. The van der Waals surface area contributed by atoms with Crippen molar-refractivity contribution in [2.24, 2.45) is 0 Å². The highest BCUT2D eigenvalue weighted by Gasteiger charge is 2.16. The van der Waals surface area contributed by atoms with Gasteiger partial charge in [0, 0.05) is 11.3 Å². The van der Waals surface area contributed by atoms with Crippen molar-refractivity contribution in [3.05, 3.63) is 142 Å². The lowest BCUT2D eigenvalue weighted by molar-refractivity contribution is 0.0723. The molecule has 10 nitrogen and oxygen atoms in total. The first kappa shape index (κ1) is 54.0. The average Bonchev–Trinajstić information content (AvgIpc) is 3.36. The third-order valence-electron chi connectivity index (χ3n) is 11.7. The Labute approximate surface area is 418 Å². The second-order valence-electron chi connectivity index (χ2n) is 17.4. The fourth-order valence-electron chi connectivity index (χ4n) is 7.65. The van der Waals surface area contributed by atoms with E-state index in [-0.39, 0.29) is 22.6 Å². The van der Waals surface area contributed by atoms with E-state index in [0.29, 0.717) is 51.7 Å². The van der Waals surface area contributed by atoms with Crippen LogP contribution in [0.3, 0.4) is 0 Å². The molecule has 0 radical (unpaired) electrons. The Bertz CT molecular complexity index is 2310. The minimum absolute atomic E-state index is 0.167. The quantitative estimate of drug-likeness (QED) is 0.0254. The molecule has 0 bridgehead atoms. The van der Waals surface area contributed by atoms with E-state index in [1.807, 2.05) is 0 Å². The summed E-state index contributed by atoms with van der Waals surface area (Å²) in [5.74, 6) is -0.0353. The molecule has 5 aromatic rings. The van der Waals surface area contributed by atoms with Gasteiger partial charge in [-0.25, -0.2) is 14.4 Å². The van der Waals surface area contributed by atoms with E-state index in [9.17, 15) is 19.2 Å². The van der Waals surface area contributed by atoms with Gasteiger partial charge < -0.3 is 29.0 Å². The molecule has 0 saturated carbocycles. The van der Waals surface area contributed by atoms with Crippen LogP contribution in [0.15, 0.2) is 120 Å². The number of rotatable bonds is 32. The number of benzene rings is 5. The molecule has 1 amide bonds. The SMILES string of the molecule is CCCCCCCCCCCCOc1ccc(C(=O)Oc2ccc(NC(=O)c3cccc(OC(=O)c4ccc(OC(=O)c5ccc(OCCCCCCCCCCCC)c(Br)c5)cc4)c3)cc2)cc1. The van der Waals surface area contributed by atoms with E-state index in [1.165, 1.54) is 133 Å². The van der Waals surface area contributed by atoms with Crippen LogP contribution in [0, 0.1) is 0 Å². The van der Waals surface area contributed by atoms with Crippen LogP contribution in [0.5, 0.6) is 28.7 Å². The molecule has 0 heterocycles. The summed E-state index contributed by atoms with van der Waals surface area (Å²) in [4.78, 5) is 52.0. The molecular formula is C58H70BrNO9. The average molecular weight is 1010 g/mol. The highest BCUT2D eigenvalue weighted by molar-refractivity contribution is 9.10. The molecular weight excluding hydrogens is 935 g/mol. The first-order valence-electron chi connectivity index (χ1n) is 25.2. The Morgan fingerprint density at radius 1 is 0.406 bits per heavy atom. The Hall–Kier alpha value is -5.94. The highest BCUT2D eigenvalue weighted by Crippen LogP contribution is 2.28. The van der Waals surface area contributed by atoms with Crippen LogP contribution < -0.4 is 29.0 Å². The minimum Gasteiger partial charge on any atom is -0.494 e. The molecule has 69 heavy (non-hydrogen) atoms. The predicted molar refractivity (Wildman–Crippen MR) is 277 cm³/mol. The summed E-state index contributed by atoms with van der Waals surface area (Å²) in [6.07, 6.45) is 25.2. The molecule has 0 aliphatic carbocycles. The molecule has 5 aromatic carbocycles. The Morgan fingerprint density at radius 2 is 0.826 bits per heavy atom. The van der Waals surface area contributed by atoms with Gasteiger partial charge in [0.2, 0.25) is 0 Å². The second-order valence-corrected chi connectivity index (χ2v) is 18.3. The smallest absolute Gasteiger partial charge is 0.343 e. The van der Waals surface area contributed by atoms with Crippen molar-refractivity contribution in [2.45, 2.75) is 142 Å². The first-order chi connectivity index (χ1) is 33.7. The van der Waals surface area contributed by atoms with Crippen molar-refractivity contribution in [2.75, 3.05) is 18.5 Å². The number of halogens is 1. The number of esters is 3. The molecule has 0 fully saturated rings. The maximum absolute atomic E-state index is 13.2. The van der Waals surface area contributed by atoms with Gasteiger partial charge in [-0.1, -0.05) is 135 Å². The predicted octanol–water partition coefficient (Wildman–Crippen LogP) is 16.0. The second kappa shape index (κ2) is 31.2. The standard InChI is InChI=1S/C58H70BrNO9/c1-3-5-7-9-11-13-15-17-19-21-40-65-49-33-26-44(27-34-49)56(62)67-51-37-31-48(32-38-51)60-55(61)46-24-23-25-52(42-46)69-57(63)45-28-35-50(36-29-45)68-58(64)47-30-39-54(53(59)43-47)66-41-22-20-18-16-14-12-10-8-6-4-2/h23-39,42-43H,3-22,40-41H2,1-2H3,(H,60,61). The van der Waals surface area contributed by atoms with Gasteiger partial charge in [-0.05, 0) is 138 Å². The van der Waals surface area contributed by atoms with Crippen LogP contribution in [0.4, 0.5) is 5.69 Å². The fourth-order valence-corrected chi connectivity index (χ4v) is 8.14. The van der Waals surface area contributed by atoms with Crippen molar-refractivity contribution >= 4 is 45.4 Å². The molecule has 0 aliphatic rings. The summed E-state index contributed by atoms with van der Waals surface area (Å²) in [5, 5.41) is 2.81. The van der Waals surface area contributed by atoms with Crippen LogP contribution in [-0.4, -0.2) is 37.0 Å². The zero-order chi connectivity index (χ0) is 48.9. The molecule has 1 N–H and O–H groups in total. The molecule has 0 aromatic heterocycles. The zero-order valence-corrected chi connectivity index (χ0v) is 42.2. The lowest BCUT2D eigenvalue weighted by atomic mass is 10.1. The van der Waals surface area contributed by atoms with Crippen molar-refractivity contribution in [1.82, 2.24) is 0 Å². The number of carbonyl (C=O) groups excluding carboxylic acids is 4. The van der Waals surface area contributed by atoms with E-state index >= 15 is 0 Å². The summed E-state index contributed by atoms with van der Waals surface area (Å²) in [5.41, 5.74) is 1.69. The highest BCUT2D eigenvalue weighted by atomic mass is 79.9. The van der Waals surface area contributed by atoms with Crippen LogP contribution in [0.2, 0.25) is 0 Å². The number of amides is 1. The van der Waals surface area contributed by atoms with E-state index in [2.05, 4.69) is 35.1 Å². The van der Waals surface area contributed by atoms with Gasteiger partial charge in [-0.2, -0.15) is 0 Å². The van der Waals surface area contributed by atoms with E-state index in [4.69, 9.17) is 23.7 Å². The van der Waals surface area contributed by atoms with E-state index in [0.717, 1.165) is 25.7 Å². The summed E-state index contributed by atoms with van der Waals surface area (Å²) >= 11 is 3.52. The van der Waals surface area contributed by atoms with Gasteiger partial charge in [0.25, 0.3) is 5.91 Å². The summed E-state index contributed by atoms with van der Waals surface area (Å²) < 4.78 is 29.2. The van der Waals surface area contributed by atoms with Crippen molar-refractivity contribution < 1.29 is 42.9 Å². The number of anilines is 1. The number of nitrogens with one attached hydrogen (secondary N) is 1. The van der Waals surface area contributed by atoms with Gasteiger partial charge in [0.1, 0.15) is 28.7 Å². The van der Waals surface area contributed by atoms with E-state index in [1.54, 1.807) is 84.9 Å². The van der Waals surface area contributed by atoms with Gasteiger partial charge in [-0.15, -0.1) is 0 Å². The lowest BCUT2D eigenvalue weighted by Crippen LogP contribution is -2.13. The zero-order valence-electron chi connectivity index (χ0n) is 40.6. The Kier molecular flexibility index (Phi) is 24.5. The van der Waals surface area contributed by atoms with Crippen molar-refractivity contribution in [3.8, 4) is 28.7 Å². The molecule has 0 aliphatic heterocycles. The van der Waals surface area contributed by atoms with Gasteiger partial charge >= 0.3 is 17.9 Å². The summed E-state index contributed by atoms with van der Waals surface area (Å²) in [6.45, 7) is 5.74. The summed E-state index contributed by atoms with van der Waals surface area (Å²) in [7, 11) is 0. The van der Waals surface area contributed by atoms with Gasteiger partial charge in [0.15, 0.2) is 0 Å². The third kappa shape index (κ3) is 20.3. The minimum atomic E-state index is -0.656. The maximum Gasteiger partial charge on any atom is 0.343 e. The van der Waals surface area contributed by atoms with E-state index < -0.39 is 23.8 Å². The monoisotopic (exact) mass is 1000 g/mol. The lowest BCUT2D eigenvalue weighted by Gasteiger charge is -2.10. The van der Waals surface area contributed by atoms with Gasteiger partial charge in [0.05, 0.1) is 34.4 Å². The molecule has 11 heteroatoms.